The van der Waals surface area contributed by atoms with Gasteiger partial charge in [0.05, 0.1) is 25.9 Å². The van der Waals surface area contributed by atoms with Gasteiger partial charge in [-0.15, -0.1) is 0 Å². The van der Waals surface area contributed by atoms with Crippen LogP contribution in [0.4, 0.5) is 0 Å². The van der Waals surface area contributed by atoms with Crippen LogP contribution in [0, 0.1) is 0 Å². The zero-order valence-corrected chi connectivity index (χ0v) is 34.2. The second-order valence-corrected chi connectivity index (χ2v) is 14.8. The number of ether oxygens (including phenoxy) is 2. The molecule has 0 rings (SSSR count). The average Bonchev–Trinajstić information content (AvgIpc) is 3.14. The molecule has 3 atom stereocenters. The highest BCUT2D eigenvalue weighted by Gasteiger charge is 2.25. The molecule has 0 bridgehead atoms. The third kappa shape index (κ3) is 39.4. The van der Waals surface area contributed by atoms with Gasteiger partial charge in [0, 0.05) is 19.6 Å². The fraction of sp³-hybridized carbons (Fsp3) is 0.698. The molecule has 4 N–H and O–H groups in total. The van der Waals surface area contributed by atoms with Crippen molar-refractivity contribution in [2.45, 2.75) is 161 Å². The zero-order chi connectivity index (χ0) is 38.9. The first-order valence-corrected chi connectivity index (χ1v) is 22.0. The fourth-order valence-corrected chi connectivity index (χ4v) is 5.99. The van der Waals surface area contributed by atoms with Crippen molar-refractivity contribution in [3.63, 3.8) is 0 Å². The molecule has 0 saturated heterocycles. The van der Waals surface area contributed by atoms with E-state index in [1.54, 1.807) is 12.2 Å². The third-order valence-electron chi connectivity index (χ3n) is 8.26. The molecule has 0 aliphatic rings. The van der Waals surface area contributed by atoms with Crippen LogP contribution in [0.2, 0.25) is 0 Å². The van der Waals surface area contributed by atoms with Crippen molar-refractivity contribution in [1.29, 1.82) is 0 Å². The predicted molar refractivity (Wildman–Crippen MR) is 221 cm³/mol. The third-order valence-corrected chi connectivity index (χ3v) is 9.24. The lowest BCUT2D eigenvalue weighted by Gasteiger charge is -2.20. The molecular formula is C43H76NO8P. The zero-order valence-electron chi connectivity index (χ0n) is 33.3. The van der Waals surface area contributed by atoms with E-state index < -0.39 is 26.0 Å². The Morgan fingerprint density at radius 1 is 0.660 bits per heavy atom. The Hall–Kier alpha value is -2.10. The van der Waals surface area contributed by atoms with Crippen molar-refractivity contribution in [3.05, 3.63) is 72.9 Å². The van der Waals surface area contributed by atoms with E-state index in [9.17, 15) is 19.4 Å². The van der Waals surface area contributed by atoms with Gasteiger partial charge < -0.3 is 25.2 Å². The van der Waals surface area contributed by atoms with E-state index in [4.69, 9.17) is 24.3 Å². The van der Waals surface area contributed by atoms with Crippen LogP contribution in [-0.4, -0.2) is 61.1 Å². The molecule has 0 aromatic heterocycles. The maximum Gasteiger partial charge on any atom is 0.472 e. The normalized spacial score (nSPS) is 14.9. The van der Waals surface area contributed by atoms with Crippen LogP contribution in [0.5, 0.6) is 0 Å². The number of phosphoric acid groups is 1. The van der Waals surface area contributed by atoms with Crippen LogP contribution in [0.1, 0.15) is 149 Å². The molecule has 306 valence electrons. The number of aliphatic hydroxyl groups is 1. The number of aliphatic hydroxyl groups excluding tert-OH is 1. The van der Waals surface area contributed by atoms with Gasteiger partial charge in [0.1, 0.15) is 6.10 Å². The van der Waals surface area contributed by atoms with Crippen LogP contribution < -0.4 is 5.73 Å². The molecule has 53 heavy (non-hydrogen) atoms. The Labute approximate surface area is 323 Å². The highest BCUT2D eigenvalue weighted by atomic mass is 31.2. The number of carbonyl (C=O) groups is 1. The maximum absolute atomic E-state index is 12.6. The van der Waals surface area contributed by atoms with Crippen LogP contribution in [0.3, 0.4) is 0 Å². The summed E-state index contributed by atoms with van der Waals surface area (Å²) in [6.45, 7) is 4.46. The molecule has 10 heteroatoms. The monoisotopic (exact) mass is 766 g/mol. The highest BCUT2D eigenvalue weighted by Crippen LogP contribution is 2.43. The summed E-state index contributed by atoms with van der Waals surface area (Å²) in [7, 11) is -4.34. The van der Waals surface area contributed by atoms with E-state index >= 15 is 0 Å². The number of allylic oxidation sites excluding steroid dienone is 11. The Kier molecular flexibility index (Phi) is 38.0. The molecule has 3 unspecified atom stereocenters. The standard InChI is InChI=1S/C43H76NO8P/c1-3-5-7-9-11-13-15-17-19-20-21-23-25-27-29-31-33-41(45)34-35-43(46)52-42(40-51-53(47,48)50-38-36-44)39-49-37-32-30-28-26-24-22-18-16-14-12-10-8-6-4-2/h5,7,11,13,17,19,21,23,27,29,31,33,41-42,45H,3-4,6,8-10,12,14-16,18,20,22,24-26,28,30,32,34-40,44H2,1-2H3,(H,47,48). The summed E-state index contributed by atoms with van der Waals surface area (Å²) in [5, 5.41) is 10.3. The summed E-state index contributed by atoms with van der Waals surface area (Å²) in [5.74, 6) is -0.559. The van der Waals surface area contributed by atoms with Crippen LogP contribution in [-0.2, 0) is 27.9 Å². The summed E-state index contributed by atoms with van der Waals surface area (Å²) < 4.78 is 33.2. The van der Waals surface area contributed by atoms with E-state index in [-0.39, 0.29) is 39.2 Å². The van der Waals surface area contributed by atoms with E-state index in [0.717, 1.165) is 51.4 Å². The summed E-state index contributed by atoms with van der Waals surface area (Å²) >= 11 is 0. The first-order valence-electron chi connectivity index (χ1n) is 20.5. The molecule has 0 saturated carbocycles. The number of phosphoric ester groups is 1. The second kappa shape index (κ2) is 39.6. The van der Waals surface area contributed by atoms with Crippen molar-refractivity contribution in [1.82, 2.24) is 0 Å². The smallest absolute Gasteiger partial charge is 0.457 e. The molecule has 0 radical (unpaired) electrons. The Balaban J connectivity index is 4.33. The van der Waals surface area contributed by atoms with Gasteiger partial charge >= 0.3 is 13.8 Å². The van der Waals surface area contributed by atoms with Crippen molar-refractivity contribution in [3.8, 4) is 0 Å². The number of carbonyl (C=O) groups excluding carboxylic acids is 1. The van der Waals surface area contributed by atoms with Crippen molar-refractivity contribution >= 4 is 13.8 Å². The summed E-state index contributed by atoms with van der Waals surface area (Å²) in [6.07, 6.45) is 45.3. The van der Waals surface area contributed by atoms with Gasteiger partial charge in [-0.1, -0.05) is 170 Å². The van der Waals surface area contributed by atoms with Gasteiger partial charge in [0.15, 0.2) is 0 Å². The van der Waals surface area contributed by atoms with Crippen LogP contribution in [0.15, 0.2) is 72.9 Å². The lowest BCUT2D eigenvalue weighted by molar-refractivity contribution is -0.155. The molecule has 0 aromatic carbocycles. The Morgan fingerprint density at radius 3 is 1.70 bits per heavy atom. The molecule has 0 aromatic rings. The lowest BCUT2D eigenvalue weighted by atomic mass is 10.0. The average molecular weight is 766 g/mol. The molecule has 0 aliphatic heterocycles. The van der Waals surface area contributed by atoms with Crippen molar-refractivity contribution < 1.29 is 37.9 Å². The van der Waals surface area contributed by atoms with Gasteiger partial charge in [0.2, 0.25) is 0 Å². The number of nitrogens with two attached hydrogens (primary N) is 1. The highest BCUT2D eigenvalue weighted by molar-refractivity contribution is 7.47. The van der Waals surface area contributed by atoms with Crippen LogP contribution in [0.25, 0.3) is 0 Å². The van der Waals surface area contributed by atoms with Gasteiger partial charge in [-0.3, -0.25) is 13.8 Å². The number of unbranched alkanes of at least 4 members (excludes halogenated alkanes) is 13. The van der Waals surface area contributed by atoms with Crippen molar-refractivity contribution in [2.75, 3.05) is 33.0 Å². The minimum atomic E-state index is -4.34. The fourth-order valence-electron chi connectivity index (χ4n) is 5.22. The van der Waals surface area contributed by atoms with E-state index in [1.807, 2.05) is 12.2 Å². The second-order valence-electron chi connectivity index (χ2n) is 13.3. The van der Waals surface area contributed by atoms with Crippen LogP contribution >= 0.6 is 7.82 Å². The number of hydrogen-bond donors (Lipinski definition) is 3. The molecule has 0 aliphatic carbocycles. The summed E-state index contributed by atoms with van der Waals surface area (Å²) in [6, 6.07) is 0. The quantitative estimate of drug-likeness (QED) is 0.0184. The molecule has 9 nitrogen and oxygen atoms in total. The number of esters is 1. The predicted octanol–water partition coefficient (Wildman–Crippen LogP) is 10.9. The Bertz CT molecular complexity index is 1050. The van der Waals surface area contributed by atoms with E-state index in [1.165, 1.54) is 70.6 Å². The minimum Gasteiger partial charge on any atom is -0.457 e. The number of hydrogen-bond acceptors (Lipinski definition) is 8. The Morgan fingerprint density at radius 2 is 1.17 bits per heavy atom. The summed E-state index contributed by atoms with van der Waals surface area (Å²) in [5.41, 5.74) is 5.35. The topological polar surface area (TPSA) is 138 Å². The van der Waals surface area contributed by atoms with Gasteiger partial charge in [-0.2, -0.15) is 0 Å². The first kappa shape index (κ1) is 50.9. The van der Waals surface area contributed by atoms with Gasteiger partial charge in [-0.05, 0) is 44.9 Å². The first-order chi connectivity index (χ1) is 25.8. The SMILES string of the molecule is CCC=CCC=CCC=CCC=CCC=CC=CC(O)CCC(=O)OC(COCCCCCCCCCCCCCCCC)COP(=O)(O)OCCN. The molecule has 0 heterocycles. The van der Waals surface area contributed by atoms with Gasteiger partial charge in [-0.25, -0.2) is 4.57 Å². The van der Waals surface area contributed by atoms with Gasteiger partial charge in [0.25, 0.3) is 0 Å². The molecule has 0 spiro atoms. The van der Waals surface area contributed by atoms with E-state index in [0.29, 0.717) is 6.61 Å². The minimum absolute atomic E-state index is 0.0214. The molecular weight excluding hydrogens is 689 g/mol. The van der Waals surface area contributed by atoms with Crippen molar-refractivity contribution in [2.24, 2.45) is 5.73 Å². The maximum atomic E-state index is 12.6. The molecule has 0 amide bonds. The molecule has 0 fully saturated rings. The summed E-state index contributed by atoms with van der Waals surface area (Å²) in [4.78, 5) is 22.4. The largest absolute Gasteiger partial charge is 0.472 e. The number of rotatable bonds is 38. The lowest BCUT2D eigenvalue weighted by Crippen LogP contribution is -2.29. The van der Waals surface area contributed by atoms with E-state index in [2.05, 4.69) is 62.5 Å².